The van der Waals surface area contributed by atoms with Crippen LogP contribution >= 0.6 is 12.2 Å². The molecule has 5 nitrogen and oxygen atoms in total. The highest BCUT2D eigenvalue weighted by Crippen LogP contribution is 2.29. The third-order valence-corrected chi connectivity index (χ3v) is 3.36. The van der Waals surface area contributed by atoms with Crippen LogP contribution in [0.2, 0.25) is 0 Å². The Balaban J connectivity index is 2.05. The van der Waals surface area contributed by atoms with Crippen LogP contribution in [-0.4, -0.2) is 37.9 Å². The number of fused-ring (bicyclic) bond motifs is 1. The van der Waals surface area contributed by atoms with Crippen LogP contribution in [0.5, 0.6) is 0 Å². The summed E-state index contributed by atoms with van der Waals surface area (Å²) in [6, 6.07) is 0. The fourth-order valence-electron chi connectivity index (χ4n) is 1.94. The number of nitrogens with one attached hydrogen (secondary N) is 1. The summed E-state index contributed by atoms with van der Waals surface area (Å²) < 4.78 is 39.2. The van der Waals surface area contributed by atoms with E-state index in [1.165, 1.54) is 0 Å². The van der Waals surface area contributed by atoms with E-state index in [0.29, 0.717) is 17.6 Å². The maximum atomic E-state index is 12.7. The van der Waals surface area contributed by atoms with Crippen LogP contribution in [0.4, 0.5) is 13.2 Å². The van der Waals surface area contributed by atoms with E-state index >= 15 is 0 Å². The number of hydrogen-bond acceptors (Lipinski definition) is 3. The molecule has 112 valence electrons. The molecule has 0 spiro atoms. The maximum absolute atomic E-state index is 12.7. The predicted octanol–water partition coefficient (Wildman–Crippen LogP) is 1.64. The van der Waals surface area contributed by atoms with E-state index in [9.17, 15) is 13.2 Å². The first kappa shape index (κ1) is 15.0. The van der Waals surface area contributed by atoms with Crippen molar-refractivity contribution in [3.8, 4) is 0 Å². The Morgan fingerprint density at radius 2 is 2.05 bits per heavy atom. The highest BCUT2D eigenvalue weighted by molar-refractivity contribution is 7.80. The van der Waals surface area contributed by atoms with E-state index in [-0.39, 0.29) is 18.9 Å². The smallest absolute Gasteiger partial charge is 0.362 e. The fourth-order valence-corrected chi connectivity index (χ4v) is 2.18. The zero-order valence-corrected chi connectivity index (χ0v) is 12.1. The number of rotatable bonds is 2. The standard InChI is InChI=1S/C11H16F3N5S/c1-7(2)5-15-10(20)18-3-4-19-8(6-18)16-17-9(19)11(12,13)14/h7H,3-6H2,1-2H3,(H,15,20). The Bertz CT molecular complexity index is 497. The number of thiocarbonyl (C=S) groups is 1. The van der Waals surface area contributed by atoms with E-state index in [0.717, 1.165) is 11.1 Å². The first-order chi connectivity index (χ1) is 9.29. The van der Waals surface area contributed by atoms with Crippen LogP contribution in [0.25, 0.3) is 0 Å². The molecule has 0 aromatic carbocycles. The summed E-state index contributed by atoms with van der Waals surface area (Å²) in [6.07, 6.45) is -4.47. The zero-order valence-electron chi connectivity index (χ0n) is 11.2. The molecule has 1 aliphatic heterocycles. The zero-order chi connectivity index (χ0) is 14.9. The number of halogens is 3. The number of nitrogens with zero attached hydrogens (tertiary/aromatic N) is 4. The van der Waals surface area contributed by atoms with Crippen LogP contribution in [0.1, 0.15) is 25.5 Å². The first-order valence-corrected chi connectivity index (χ1v) is 6.72. The monoisotopic (exact) mass is 307 g/mol. The largest absolute Gasteiger partial charge is 0.451 e. The Morgan fingerprint density at radius 3 is 2.65 bits per heavy atom. The lowest BCUT2D eigenvalue weighted by molar-refractivity contribution is -0.147. The van der Waals surface area contributed by atoms with Gasteiger partial charge in [0.15, 0.2) is 10.9 Å². The topological polar surface area (TPSA) is 46.0 Å². The lowest BCUT2D eigenvalue weighted by Crippen LogP contribution is -2.45. The second-order valence-electron chi connectivity index (χ2n) is 5.09. The molecule has 2 rings (SSSR count). The molecule has 0 atom stereocenters. The Kier molecular flexibility index (Phi) is 4.17. The average Bonchev–Trinajstić information content (AvgIpc) is 2.78. The molecular weight excluding hydrogens is 291 g/mol. The summed E-state index contributed by atoms with van der Waals surface area (Å²) in [5.41, 5.74) is 0. The van der Waals surface area contributed by atoms with Gasteiger partial charge in [0.1, 0.15) is 0 Å². The van der Waals surface area contributed by atoms with E-state index < -0.39 is 12.0 Å². The van der Waals surface area contributed by atoms with Crippen molar-refractivity contribution >= 4 is 17.3 Å². The fraction of sp³-hybridized carbons (Fsp3) is 0.727. The Morgan fingerprint density at radius 1 is 1.35 bits per heavy atom. The van der Waals surface area contributed by atoms with Crippen molar-refractivity contribution < 1.29 is 13.2 Å². The van der Waals surface area contributed by atoms with Gasteiger partial charge in [-0.2, -0.15) is 13.2 Å². The van der Waals surface area contributed by atoms with Crippen molar-refractivity contribution in [2.45, 2.75) is 33.1 Å². The quantitative estimate of drug-likeness (QED) is 0.842. The van der Waals surface area contributed by atoms with E-state index in [2.05, 4.69) is 29.4 Å². The second-order valence-corrected chi connectivity index (χ2v) is 5.48. The summed E-state index contributed by atoms with van der Waals surface area (Å²) in [7, 11) is 0. The van der Waals surface area contributed by atoms with Gasteiger partial charge in [0, 0.05) is 19.6 Å². The van der Waals surface area contributed by atoms with E-state index in [1.54, 1.807) is 0 Å². The highest BCUT2D eigenvalue weighted by Gasteiger charge is 2.39. The van der Waals surface area contributed by atoms with Crippen LogP contribution < -0.4 is 5.32 Å². The van der Waals surface area contributed by atoms with Gasteiger partial charge in [-0.1, -0.05) is 13.8 Å². The number of aromatic nitrogens is 3. The molecule has 20 heavy (non-hydrogen) atoms. The van der Waals surface area contributed by atoms with Crippen molar-refractivity contribution in [1.82, 2.24) is 25.0 Å². The Hall–Kier alpha value is -1.38. The highest BCUT2D eigenvalue weighted by atomic mass is 32.1. The molecule has 1 aromatic rings. The molecule has 0 fully saturated rings. The van der Waals surface area contributed by atoms with E-state index in [4.69, 9.17) is 12.2 Å². The molecule has 0 bridgehead atoms. The molecule has 1 N–H and O–H groups in total. The summed E-state index contributed by atoms with van der Waals surface area (Å²) in [6.45, 7) is 5.68. The van der Waals surface area contributed by atoms with Crippen molar-refractivity contribution in [2.75, 3.05) is 13.1 Å². The van der Waals surface area contributed by atoms with Crippen LogP contribution in [0, 0.1) is 5.92 Å². The van der Waals surface area contributed by atoms with E-state index in [1.807, 2.05) is 4.90 Å². The molecule has 0 saturated heterocycles. The minimum Gasteiger partial charge on any atom is -0.362 e. The number of hydrogen-bond donors (Lipinski definition) is 1. The van der Waals surface area contributed by atoms with Crippen LogP contribution in [0.15, 0.2) is 0 Å². The van der Waals surface area contributed by atoms with Crippen LogP contribution in [-0.2, 0) is 19.3 Å². The van der Waals surface area contributed by atoms with Crippen molar-refractivity contribution in [3.05, 3.63) is 11.6 Å². The van der Waals surface area contributed by atoms with Gasteiger partial charge in [0.25, 0.3) is 0 Å². The minimum atomic E-state index is -4.47. The summed E-state index contributed by atoms with van der Waals surface area (Å²) >= 11 is 5.24. The number of alkyl halides is 3. The van der Waals surface area contributed by atoms with Crippen LogP contribution in [0.3, 0.4) is 0 Å². The van der Waals surface area contributed by atoms with Gasteiger partial charge in [0.05, 0.1) is 6.54 Å². The molecule has 0 saturated carbocycles. The predicted molar refractivity (Wildman–Crippen MR) is 70.9 cm³/mol. The van der Waals surface area contributed by atoms with Crippen molar-refractivity contribution in [3.63, 3.8) is 0 Å². The third kappa shape index (κ3) is 3.20. The van der Waals surface area contributed by atoms with Gasteiger partial charge >= 0.3 is 6.18 Å². The van der Waals surface area contributed by atoms with Gasteiger partial charge in [-0.3, -0.25) is 0 Å². The summed E-state index contributed by atoms with van der Waals surface area (Å²) in [4.78, 5) is 1.81. The van der Waals surface area contributed by atoms with Gasteiger partial charge in [-0.05, 0) is 18.1 Å². The molecule has 0 radical (unpaired) electrons. The molecular formula is C11H16F3N5S. The minimum absolute atomic E-state index is 0.181. The SMILES string of the molecule is CC(C)CNC(=S)N1CCn2c(nnc2C(F)(F)F)C1. The Labute approximate surface area is 120 Å². The molecule has 1 aromatic heterocycles. The second kappa shape index (κ2) is 5.55. The molecule has 1 aliphatic rings. The van der Waals surface area contributed by atoms with Crippen molar-refractivity contribution in [2.24, 2.45) is 5.92 Å². The van der Waals surface area contributed by atoms with Gasteiger partial charge < -0.3 is 14.8 Å². The maximum Gasteiger partial charge on any atom is 0.451 e. The molecule has 0 unspecified atom stereocenters. The lowest BCUT2D eigenvalue weighted by atomic mass is 10.2. The van der Waals surface area contributed by atoms with Gasteiger partial charge in [0.2, 0.25) is 5.82 Å². The third-order valence-electron chi connectivity index (χ3n) is 2.96. The normalized spacial score (nSPS) is 15.4. The molecule has 0 aliphatic carbocycles. The van der Waals surface area contributed by atoms with Gasteiger partial charge in [-0.25, -0.2) is 0 Å². The summed E-state index contributed by atoms with van der Waals surface area (Å²) in [5, 5.41) is 10.5. The first-order valence-electron chi connectivity index (χ1n) is 6.31. The summed E-state index contributed by atoms with van der Waals surface area (Å²) in [5.74, 6) is -0.205. The lowest BCUT2D eigenvalue weighted by Gasteiger charge is -2.30. The average molecular weight is 307 g/mol. The van der Waals surface area contributed by atoms with Crippen molar-refractivity contribution in [1.29, 1.82) is 0 Å². The van der Waals surface area contributed by atoms with Gasteiger partial charge in [-0.15, -0.1) is 10.2 Å². The molecule has 9 heteroatoms. The molecule has 2 heterocycles. The molecule has 0 amide bonds.